The van der Waals surface area contributed by atoms with Crippen molar-refractivity contribution in [2.45, 2.75) is 18.2 Å². The highest BCUT2D eigenvalue weighted by Gasteiger charge is 2.62. The van der Waals surface area contributed by atoms with E-state index in [4.69, 9.17) is 9.15 Å². The van der Waals surface area contributed by atoms with E-state index in [2.05, 4.69) is 20.0 Å². The summed E-state index contributed by atoms with van der Waals surface area (Å²) >= 11 is 1.53. The highest BCUT2D eigenvalue weighted by Crippen LogP contribution is 2.50. The maximum atomic E-state index is 14.1. The van der Waals surface area contributed by atoms with Gasteiger partial charge >= 0.3 is 0 Å². The number of aliphatic hydroxyl groups is 1. The van der Waals surface area contributed by atoms with E-state index in [1.165, 1.54) is 17.4 Å². The number of likely N-dealkylation sites (tertiary alicyclic amines) is 1. The average Bonchev–Trinajstić information content (AvgIpc) is 3.52. The van der Waals surface area contributed by atoms with Gasteiger partial charge in [0, 0.05) is 38.1 Å². The number of ether oxygens (including phenoxy) is 1. The number of hydrogen-bond donors (Lipinski definition) is 1. The fourth-order valence-electron chi connectivity index (χ4n) is 5.59. The number of rotatable bonds is 5. The molecular formula is C22H23FN4O3S. The smallest absolute Gasteiger partial charge is 0.208 e. The van der Waals surface area contributed by atoms with Crippen LogP contribution in [0.4, 0.5) is 9.52 Å². The zero-order valence-corrected chi connectivity index (χ0v) is 17.7. The molecule has 2 bridgehead atoms. The minimum absolute atomic E-state index is 0.00122. The largest absolute Gasteiger partial charge is 0.460 e. The molecule has 0 amide bonds. The highest BCUT2D eigenvalue weighted by molar-refractivity contribution is 7.13. The van der Waals surface area contributed by atoms with Crippen molar-refractivity contribution in [1.29, 1.82) is 0 Å². The fourth-order valence-corrected chi connectivity index (χ4v) is 6.16. The Morgan fingerprint density at radius 3 is 2.90 bits per heavy atom. The fraction of sp³-hybridized carbons (Fsp3) is 0.455. The average molecular weight is 443 g/mol. The van der Waals surface area contributed by atoms with Crippen molar-refractivity contribution in [3.8, 4) is 11.3 Å². The molecule has 3 saturated heterocycles. The first-order valence-electron chi connectivity index (χ1n) is 10.5. The molecule has 5 heterocycles. The van der Waals surface area contributed by atoms with Crippen LogP contribution in [0.25, 0.3) is 11.3 Å². The number of furan rings is 1. The summed E-state index contributed by atoms with van der Waals surface area (Å²) < 4.78 is 26.6. The van der Waals surface area contributed by atoms with Gasteiger partial charge < -0.3 is 19.2 Å². The van der Waals surface area contributed by atoms with Crippen LogP contribution in [0, 0.1) is 17.7 Å². The summed E-state index contributed by atoms with van der Waals surface area (Å²) in [5, 5.41) is 19.2. The molecule has 1 spiro atoms. The number of hydrogen-bond acceptors (Lipinski definition) is 8. The second-order valence-electron chi connectivity index (χ2n) is 8.69. The van der Waals surface area contributed by atoms with Crippen molar-refractivity contribution in [1.82, 2.24) is 15.1 Å². The van der Waals surface area contributed by atoms with E-state index in [-0.39, 0.29) is 36.0 Å². The molecule has 31 heavy (non-hydrogen) atoms. The summed E-state index contributed by atoms with van der Waals surface area (Å²) in [5.41, 5.74) is 1.88. The van der Waals surface area contributed by atoms with E-state index >= 15 is 0 Å². The van der Waals surface area contributed by atoms with Gasteiger partial charge in [-0.15, -0.1) is 10.2 Å². The van der Waals surface area contributed by atoms with Crippen LogP contribution >= 0.6 is 11.3 Å². The molecule has 0 radical (unpaired) electrons. The van der Waals surface area contributed by atoms with Crippen molar-refractivity contribution in [3.05, 3.63) is 53.5 Å². The lowest BCUT2D eigenvalue weighted by Gasteiger charge is -2.40. The molecule has 0 aliphatic carbocycles. The third-order valence-corrected chi connectivity index (χ3v) is 7.62. The number of benzene rings is 1. The number of aromatic nitrogens is 2. The van der Waals surface area contributed by atoms with Crippen LogP contribution in [0.2, 0.25) is 0 Å². The maximum Gasteiger partial charge on any atom is 0.208 e. The van der Waals surface area contributed by atoms with Gasteiger partial charge in [0.2, 0.25) is 5.13 Å². The molecule has 3 aliphatic heterocycles. The van der Waals surface area contributed by atoms with Gasteiger partial charge in [-0.05, 0) is 24.3 Å². The third-order valence-electron chi connectivity index (χ3n) is 6.87. The SMILES string of the molecule is OC[C@H]1[C@H]2CN(c3nncs3)C[C@]23CN(Cc2ccc(-c4ccccc4F)o2)C[C@H]1O3. The lowest BCUT2D eigenvalue weighted by Crippen LogP contribution is -2.53. The summed E-state index contributed by atoms with van der Waals surface area (Å²) in [5.74, 6) is 1.41. The van der Waals surface area contributed by atoms with Gasteiger partial charge in [-0.25, -0.2) is 4.39 Å². The predicted molar refractivity (Wildman–Crippen MR) is 113 cm³/mol. The van der Waals surface area contributed by atoms with Crippen molar-refractivity contribution >= 4 is 16.5 Å². The van der Waals surface area contributed by atoms with E-state index in [1.807, 2.05) is 12.1 Å². The predicted octanol–water partition coefficient (Wildman–Crippen LogP) is 2.64. The molecule has 4 atom stereocenters. The van der Waals surface area contributed by atoms with Gasteiger partial charge in [0.05, 0.1) is 24.8 Å². The Bertz CT molecular complexity index is 1080. The van der Waals surface area contributed by atoms with Crippen LogP contribution in [0.1, 0.15) is 5.76 Å². The molecule has 7 nitrogen and oxygen atoms in total. The van der Waals surface area contributed by atoms with E-state index < -0.39 is 0 Å². The normalized spacial score (nSPS) is 30.1. The summed E-state index contributed by atoms with van der Waals surface area (Å²) in [6, 6.07) is 10.4. The van der Waals surface area contributed by atoms with E-state index in [1.54, 1.807) is 23.7 Å². The van der Waals surface area contributed by atoms with Gasteiger partial charge in [0.15, 0.2) is 0 Å². The molecule has 6 rings (SSSR count). The summed E-state index contributed by atoms with van der Waals surface area (Å²) in [6.45, 7) is 3.82. The number of aliphatic hydroxyl groups excluding tert-OH is 1. The summed E-state index contributed by atoms with van der Waals surface area (Å²) in [4.78, 5) is 4.57. The topological polar surface area (TPSA) is 74.9 Å². The molecule has 162 valence electrons. The summed E-state index contributed by atoms with van der Waals surface area (Å²) in [7, 11) is 0. The molecule has 3 aromatic rings. The minimum Gasteiger partial charge on any atom is -0.460 e. The molecule has 3 aliphatic rings. The van der Waals surface area contributed by atoms with Crippen LogP contribution in [-0.4, -0.2) is 64.7 Å². The van der Waals surface area contributed by atoms with E-state index in [9.17, 15) is 9.50 Å². The molecule has 1 aromatic carbocycles. The first-order chi connectivity index (χ1) is 15.1. The Labute approximate surface area is 183 Å². The minimum atomic E-state index is -0.330. The number of halogens is 1. The standard InChI is InChI=1S/C22H23FN4O3S/c23-18-4-2-1-3-15(18)19-6-5-14(29-19)7-26-9-20-16(10-28)17-8-27(21-25-24-13-31-21)12-22(17,11-26)30-20/h1-6,13,16-17,20,28H,7-12H2/t16-,17+,20+,22+/m0/s1. The first kappa shape index (κ1) is 19.4. The molecule has 0 unspecified atom stereocenters. The second kappa shape index (κ2) is 7.37. The third kappa shape index (κ3) is 3.18. The van der Waals surface area contributed by atoms with Gasteiger partial charge in [-0.3, -0.25) is 4.90 Å². The first-order valence-corrected chi connectivity index (χ1v) is 11.4. The monoisotopic (exact) mass is 442 g/mol. The van der Waals surface area contributed by atoms with Gasteiger partial charge in [-0.1, -0.05) is 23.5 Å². The lowest BCUT2D eigenvalue weighted by molar-refractivity contribution is -0.113. The molecule has 2 aromatic heterocycles. The Morgan fingerprint density at radius 1 is 1.19 bits per heavy atom. The number of morpholine rings is 1. The molecule has 9 heteroatoms. The van der Waals surface area contributed by atoms with Crippen LogP contribution in [0.5, 0.6) is 0 Å². The number of nitrogens with zero attached hydrogens (tertiary/aromatic N) is 4. The molecule has 0 saturated carbocycles. The molecule has 3 fully saturated rings. The van der Waals surface area contributed by atoms with E-state index in [0.717, 1.165) is 37.1 Å². The Hall–Kier alpha value is -2.33. The maximum absolute atomic E-state index is 14.1. The zero-order chi connectivity index (χ0) is 21.0. The van der Waals surface area contributed by atoms with Crippen molar-refractivity contribution in [3.63, 3.8) is 0 Å². The Balaban J connectivity index is 1.22. The van der Waals surface area contributed by atoms with Crippen molar-refractivity contribution in [2.24, 2.45) is 11.8 Å². The molecule has 1 N–H and O–H groups in total. The number of fused-ring (bicyclic) bond motifs is 1. The quantitative estimate of drug-likeness (QED) is 0.651. The van der Waals surface area contributed by atoms with Crippen LogP contribution in [-0.2, 0) is 11.3 Å². The van der Waals surface area contributed by atoms with Crippen LogP contribution in [0.15, 0.2) is 46.3 Å². The second-order valence-corrected chi connectivity index (χ2v) is 9.50. The zero-order valence-electron chi connectivity index (χ0n) is 16.9. The lowest BCUT2D eigenvalue weighted by atomic mass is 9.83. The van der Waals surface area contributed by atoms with Gasteiger partial charge in [0.25, 0.3) is 0 Å². The van der Waals surface area contributed by atoms with Gasteiger partial charge in [0.1, 0.15) is 28.4 Å². The Morgan fingerprint density at radius 2 is 2.10 bits per heavy atom. The summed E-state index contributed by atoms with van der Waals surface area (Å²) in [6.07, 6.45) is 0.00122. The van der Waals surface area contributed by atoms with Crippen molar-refractivity contribution < 1.29 is 18.7 Å². The van der Waals surface area contributed by atoms with E-state index in [0.29, 0.717) is 17.9 Å². The molecular weight excluding hydrogens is 419 g/mol. The highest BCUT2D eigenvalue weighted by atomic mass is 32.1. The van der Waals surface area contributed by atoms with Gasteiger partial charge in [-0.2, -0.15) is 0 Å². The van der Waals surface area contributed by atoms with Crippen molar-refractivity contribution in [2.75, 3.05) is 37.7 Å². The van der Waals surface area contributed by atoms with Crippen LogP contribution < -0.4 is 4.90 Å². The van der Waals surface area contributed by atoms with Crippen LogP contribution in [0.3, 0.4) is 0 Å². The number of anilines is 1. The Kier molecular flexibility index (Phi) is 4.60.